The third kappa shape index (κ3) is 3.45. The Morgan fingerprint density at radius 1 is 1.43 bits per heavy atom. The summed E-state index contributed by atoms with van der Waals surface area (Å²) in [7, 11) is 1.63. The molecule has 1 aliphatic heterocycles. The van der Waals surface area contributed by atoms with Gasteiger partial charge in [0.15, 0.2) is 5.13 Å². The van der Waals surface area contributed by atoms with Crippen LogP contribution in [0.15, 0.2) is 18.2 Å². The number of benzene rings is 1. The number of para-hydroxylation sites is 1. The summed E-state index contributed by atoms with van der Waals surface area (Å²) >= 11 is 1.48. The normalized spacial score (nSPS) is 15.5. The zero-order chi connectivity index (χ0) is 13.9. The smallest absolute Gasteiger partial charge is 0.229 e. The highest BCUT2D eigenvalue weighted by molar-refractivity contribution is 7.22. The zero-order valence-corrected chi connectivity index (χ0v) is 13.4. The molecule has 1 aromatic heterocycles. The maximum Gasteiger partial charge on any atom is 0.229 e. The minimum absolute atomic E-state index is 0. The summed E-state index contributed by atoms with van der Waals surface area (Å²) in [6, 6.07) is 5.79. The lowest BCUT2D eigenvalue weighted by atomic mass is 9.97. The van der Waals surface area contributed by atoms with E-state index < -0.39 is 0 Å². The van der Waals surface area contributed by atoms with Crippen molar-refractivity contribution >= 4 is 45.0 Å². The summed E-state index contributed by atoms with van der Waals surface area (Å²) in [6.07, 6.45) is 1.78. The number of thiazole rings is 1. The number of ether oxygens (including phenoxy) is 1. The average molecular weight is 328 g/mol. The van der Waals surface area contributed by atoms with Crippen molar-refractivity contribution in [2.45, 2.75) is 12.8 Å². The van der Waals surface area contributed by atoms with E-state index in [2.05, 4.69) is 15.6 Å². The Hall–Kier alpha value is -1.37. The molecule has 2 aromatic rings. The van der Waals surface area contributed by atoms with Crippen LogP contribution in [0.25, 0.3) is 10.2 Å². The van der Waals surface area contributed by atoms with Crippen LogP contribution in [0, 0.1) is 5.92 Å². The van der Waals surface area contributed by atoms with E-state index in [-0.39, 0.29) is 24.2 Å². The molecule has 0 atom stereocenters. The first-order valence-corrected chi connectivity index (χ1v) is 7.54. The van der Waals surface area contributed by atoms with Crippen molar-refractivity contribution in [1.29, 1.82) is 0 Å². The van der Waals surface area contributed by atoms with Gasteiger partial charge in [0.05, 0.1) is 11.8 Å². The van der Waals surface area contributed by atoms with Crippen LogP contribution in [-0.4, -0.2) is 31.1 Å². The summed E-state index contributed by atoms with van der Waals surface area (Å²) in [5.41, 5.74) is 0.806. The topological polar surface area (TPSA) is 63.2 Å². The quantitative estimate of drug-likeness (QED) is 0.909. The number of halogens is 1. The van der Waals surface area contributed by atoms with Crippen LogP contribution in [0.2, 0.25) is 0 Å². The Morgan fingerprint density at radius 2 is 2.19 bits per heavy atom. The van der Waals surface area contributed by atoms with Crippen molar-refractivity contribution in [3.8, 4) is 5.75 Å². The highest BCUT2D eigenvalue weighted by Gasteiger charge is 2.22. The maximum atomic E-state index is 12.2. The largest absolute Gasteiger partial charge is 0.494 e. The number of nitrogens with one attached hydrogen (secondary N) is 2. The lowest BCUT2D eigenvalue weighted by molar-refractivity contribution is -0.120. The molecule has 21 heavy (non-hydrogen) atoms. The number of carbonyl (C=O) groups excluding carboxylic acids is 1. The third-order valence-electron chi connectivity index (χ3n) is 3.54. The number of amides is 1. The van der Waals surface area contributed by atoms with Gasteiger partial charge in [-0.2, -0.15) is 0 Å². The molecule has 0 unspecified atom stereocenters. The Labute approximate surface area is 133 Å². The maximum absolute atomic E-state index is 12.2. The van der Waals surface area contributed by atoms with Gasteiger partial charge in [0.2, 0.25) is 5.91 Å². The van der Waals surface area contributed by atoms with Gasteiger partial charge in [0.1, 0.15) is 11.3 Å². The van der Waals surface area contributed by atoms with Gasteiger partial charge in [0, 0.05) is 5.92 Å². The van der Waals surface area contributed by atoms with Crippen molar-refractivity contribution in [3.05, 3.63) is 18.2 Å². The van der Waals surface area contributed by atoms with E-state index in [1.54, 1.807) is 7.11 Å². The Kier molecular flexibility index (Phi) is 5.39. The highest BCUT2D eigenvalue weighted by Crippen LogP contribution is 2.32. The SMILES string of the molecule is COc1cccc2sc(NC(=O)C3CCNCC3)nc12.Cl. The number of fused-ring (bicyclic) bond motifs is 1. The number of rotatable bonds is 3. The molecule has 7 heteroatoms. The van der Waals surface area contributed by atoms with E-state index in [0.717, 1.165) is 41.9 Å². The third-order valence-corrected chi connectivity index (χ3v) is 4.48. The number of methoxy groups -OCH3 is 1. The number of nitrogens with zero attached hydrogens (tertiary/aromatic N) is 1. The summed E-state index contributed by atoms with van der Waals surface area (Å²) in [4.78, 5) is 16.7. The molecule has 1 saturated heterocycles. The van der Waals surface area contributed by atoms with E-state index in [1.165, 1.54) is 11.3 Å². The number of carbonyl (C=O) groups is 1. The molecule has 1 aliphatic rings. The summed E-state index contributed by atoms with van der Waals surface area (Å²) in [5.74, 6) is 0.899. The molecule has 114 valence electrons. The Morgan fingerprint density at radius 3 is 2.90 bits per heavy atom. The Balaban J connectivity index is 0.00000161. The molecular formula is C14H18ClN3O2S. The second-order valence-corrected chi connectivity index (χ2v) is 5.87. The van der Waals surface area contributed by atoms with E-state index in [9.17, 15) is 4.79 Å². The van der Waals surface area contributed by atoms with Gasteiger partial charge < -0.3 is 15.4 Å². The first-order chi connectivity index (χ1) is 9.78. The van der Waals surface area contributed by atoms with Gasteiger partial charge in [-0.15, -0.1) is 12.4 Å². The first kappa shape index (κ1) is 16.0. The molecule has 2 heterocycles. The van der Waals surface area contributed by atoms with Crippen molar-refractivity contribution in [3.63, 3.8) is 0 Å². The van der Waals surface area contributed by atoms with E-state index in [4.69, 9.17) is 4.74 Å². The minimum Gasteiger partial charge on any atom is -0.494 e. The summed E-state index contributed by atoms with van der Waals surface area (Å²) < 4.78 is 6.30. The van der Waals surface area contributed by atoms with Crippen molar-refractivity contribution in [2.24, 2.45) is 5.92 Å². The lowest BCUT2D eigenvalue weighted by Crippen LogP contribution is -2.34. The van der Waals surface area contributed by atoms with E-state index in [1.807, 2.05) is 18.2 Å². The summed E-state index contributed by atoms with van der Waals surface area (Å²) in [6.45, 7) is 1.82. The molecule has 1 aromatic carbocycles. The van der Waals surface area contributed by atoms with E-state index >= 15 is 0 Å². The first-order valence-electron chi connectivity index (χ1n) is 6.73. The van der Waals surface area contributed by atoms with Gasteiger partial charge in [-0.05, 0) is 38.1 Å². The number of hydrogen-bond acceptors (Lipinski definition) is 5. The fraction of sp³-hybridized carbons (Fsp3) is 0.429. The number of piperidine rings is 1. The van der Waals surface area contributed by atoms with E-state index in [0.29, 0.717) is 5.13 Å². The van der Waals surface area contributed by atoms with Crippen molar-refractivity contribution < 1.29 is 9.53 Å². The van der Waals surface area contributed by atoms with Crippen LogP contribution in [0.3, 0.4) is 0 Å². The van der Waals surface area contributed by atoms with Crippen LogP contribution in [-0.2, 0) is 4.79 Å². The highest BCUT2D eigenvalue weighted by atomic mass is 35.5. The fourth-order valence-electron chi connectivity index (χ4n) is 2.43. The Bertz CT molecular complexity index is 626. The number of hydrogen-bond donors (Lipinski definition) is 2. The second kappa shape index (κ2) is 7.06. The van der Waals surface area contributed by atoms with Gasteiger partial charge in [-0.3, -0.25) is 4.79 Å². The molecule has 0 bridgehead atoms. The molecule has 0 radical (unpaired) electrons. The molecule has 3 rings (SSSR count). The molecule has 1 fully saturated rings. The summed E-state index contributed by atoms with van der Waals surface area (Å²) in [5, 5.41) is 6.84. The zero-order valence-electron chi connectivity index (χ0n) is 11.7. The van der Waals surface area contributed by atoms with Crippen LogP contribution >= 0.6 is 23.7 Å². The number of anilines is 1. The van der Waals surface area contributed by atoms with Crippen LogP contribution in [0.5, 0.6) is 5.75 Å². The molecule has 1 amide bonds. The van der Waals surface area contributed by atoms with Crippen LogP contribution < -0.4 is 15.4 Å². The average Bonchev–Trinajstić information content (AvgIpc) is 2.90. The fourth-order valence-corrected chi connectivity index (χ4v) is 3.32. The monoisotopic (exact) mass is 327 g/mol. The second-order valence-electron chi connectivity index (χ2n) is 4.84. The standard InChI is InChI=1S/C14H17N3O2S.ClH/c1-19-10-3-2-4-11-12(10)16-14(20-11)17-13(18)9-5-7-15-8-6-9;/h2-4,9,15H,5-8H2,1H3,(H,16,17,18);1H. The predicted molar refractivity (Wildman–Crippen MR) is 87.6 cm³/mol. The molecule has 2 N–H and O–H groups in total. The molecule has 0 aliphatic carbocycles. The minimum atomic E-state index is 0. The number of aromatic nitrogens is 1. The molecule has 0 spiro atoms. The van der Waals surface area contributed by atoms with Crippen molar-refractivity contribution in [1.82, 2.24) is 10.3 Å². The van der Waals surface area contributed by atoms with Gasteiger partial charge in [-0.25, -0.2) is 4.98 Å². The molecule has 5 nitrogen and oxygen atoms in total. The van der Waals surface area contributed by atoms with Gasteiger partial charge >= 0.3 is 0 Å². The molecular weight excluding hydrogens is 310 g/mol. The lowest BCUT2D eigenvalue weighted by Gasteiger charge is -2.20. The van der Waals surface area contributed by atoms with Gasteiger partial charge in [-0.1, -0.05) is 17.4 Å². The van der Waals surface area contributed by atoms with Crippen LogP contribution in [0.1, 0.15) is 12.8 Å². The van der Waals surface area contributed by atoms with Gasteiger partial charge in [0.25, 0.3) is 0 Å². The van der Waals surface area contributed by atoms with Crippen molar-refractivity contribution in [2.75, 3.05) is 25.5 Å². The predicted octanol–water partition coefficient (Wildman–Crippen LogP) is 2.66. The molecule has 0 saturated carbocycles. The van der Waals surface area contributed by atoms with Crippen LogP contribution in [0.4, 0.5) is 5.13 Å².